The lowest BCUT2D eigenvalue weighted by atomic mass is 9.76. The zero-order valence-electron chi connectivity index (χ0n) is 16.9. The summed E-state index contributed by atoms with van der Waals surface area (Å²) < 4.78 is 7.40. The van der Waals surface area contributed by atoms with Crippen molar-refractivity contribution in [3.63, 3.8) is 0 Å². The van der Waals surface area contributed by atoms with Crippen LogP contribution in [-0.4, -0.2) is 27.1 Å². The van der Waals surface area contributed by atoms with Crippen LogP contribution in [0.25, 0.3) is 11.3 Å². The number of benzene rings is 1. The van der Waals surface area contributed by atoms with Gasteiger partial charge in [-0.15, -0.1) is 5.10 Å². The number of nitrogens with two attached hydrogens (primary N) is 1. The molecule has 2 aromatic rings. The minimum Gasteiger partial charge on any atom is -0.461 e. The lowest BCUT2D eigenvalue weighted by molar-refractivity contribution is -0.156. The summed E-state index contributed by atoms with van der Waals surface area (Å²) in [6, 6.07) is 8.20. The Morgan fingerprint density at radius 2 is 1.89 bits per heavy atom. The second-order valence-corrected chi connectivity index (χ2v) is 9.06. The Kier molecular flexibility index (Phi) is 5.12. The van der Waals surface area contributed by atoms with E-state index in [4.69, 9.17) is 10.5 Å². The van der Waals surface area contributed by atoms with Gasteiger partial charge in [0.1, 0.15) is 11.2 Å². The highest BCUT2D eigenvalue weighted by atomic mass is 16.5. The quantitative estimate of drug-likeness (QED) is 0.782. The summed E-state index contributed by atoms with van der Waals surface area (Å²) in [5.74, 6) is -0.389. The monoisotopic (exact) mass is 370 g/mol. The third-order valence-electron chi connectivity index (χ3n) is 4.64. The molecule has 0 saturated heterocycles. The fraction of sp³-hybridized carbons (Fsp3) is 0.571. The van der Waals surface area contributed by atoms with Crippen molar-refractivity contribution in [3.8, 4) is 11.3 Å². The van der Waals surface area contributed by atoms with Gasteiger partial charge in [0.15, 0.2) is 0 Å². The van der Waals surface area contributed by atoms with E-state index in [-0.39, 0.29) is 17.5 Å². The molecule has 1 fully saturated rings. The zero-order chi connectivity index (χ0) is 19.8. The fourth-order valence-corrected chi connectivity index (χ4v) is 3.31. The molecular formula is C21H30N4O2. The van der Waals surface area contributed by atoms with Crippen LogP contribution in [0.2, 0.25) is 0 Å². The van der Waals surface area contributed by atoms with Crippen molar-refractivity contribution in [2.45, 2.75) is 71.6 Å². The maximum Gasteiger partial charge on any atom is 0.331 e. The van der Waals surface area contributed by atoms with Crippen molar-refractivity contribution in [1.82, 2.24) is 15.0 Å². The maximum atomic E-state index is 12.8. The van der Waals surface area contributed by atoms with Crippen molar-refractivity contribution in [2.75, 3.05) is 0 Å². The van der Waals surface area contributed by atoms with Crippen molar-refractivity contribution in [2.24, 2.45) is 11.1 Å². The first-order valence-electron chi connectivity index (χ1n) is 9.61. The van der Waals surface area contributed by atoms with E-state index in [0.29, 0.717) is 12.5 Å². The summed E-state index contributed by atoms with van der Waals surface area (Å²) >= 11 is 0. The highest BCUT2D eigenvalue weighted by molar-refractivity contribution is 5.83. The average Bonchev–Trinajstić information content (AvgIpc) is 3.30. The molecule has 1 aliphatic rings. The Labute approximate surface area is 161 Å². The Morgan fingerprint density at radius 1 is 1.26 bits per heavy atom. The van der Waals surface area contributed by atoms with E-state index in [2.05, 4.69) is 31.1 Å². The van der Waals surface area contributed by atoms with Gasteiger partial charge >= 0.3 is 5.97 Å². The van der Waals surface area contributed by atoms with Gasteiger partial charge in [0.2, 0.25) is 0 Å². The zero-order valence-corrected chi connectivity index (χ0v) is 16.9. The van der Waals surface area contributed by atoms with Crippen LogP contribution in [0, 0.1) is 5.41 Å². The number of rotatable bonds is 6. The second kappa shape index (κ2) is 7.08. The van der Waals surface area contributed by atoms with Gasteiger partial charge < -0.3 is 10.5 Å². The van der Waals surface area contributed by atoms with Gasteiger partial charge in [0, 0.05) is 5.56 Å². The first-order valence-corrected chi connectivity index (χ1v) is 9.61. The molecule has 0 spiro atoms. The fourth-order valence-electron chi connectivity index (χ4n) is 3.31. The van der Waals surface area contributed by atoms with Crippen LogP contribution < -0.4 is 5.73 Å². The number of carbonyl (C=O) groups excluding carboxylic acids is 1. The number of nitrogens with zero attached hydrogens (tertiary/aromatic N) is 3. The molecule has 3 rings (SSSR count). The van der Waals surface area contributed by atoms with Crippen LogP contribution >= 0.6 is 0 Å². The Morgan fingerprint density at radius 3 is 2.41 bits per heavy atom. The van der Waals surface area contributed by atoms with Crippen molar-refractivity contribution in [3.05, 3.63) is 36.0 Å². The molecule has 146 valence electrons. The van der Waals surface area contributed by atoms with E-state index in [1.807, 2.05) is 49.0 Å². The standard InChI is InChI=1S/C21H30N4O2/c1-14(2)27-19(26)21(22,13-20(3,4)5)16-8-6-15(7-9-16)18-12-25(24-23-18)17-10-11-17/h6-9,12,14,17H,10-11,13,22H2,1-5H3. The second-order valence-electron chi connectivity index (χ2n) is 9.06. The van der Waals surface area contributed by atoms with Gasteiger partial charge in [-0.25, -0.2) is 9.48 Å². The number of aromatic nitrogens is 3. The number of carbonyl (C=O) groups is 1. The normalized spacial score (nSPS) is 17.0. The van der Waals surface area contributed by atoms with Crippen LogP contribution in [0.15, 0.2) is 30.5 Å². The predicted octanol–water partition coefficient (Wildman–Crippen LogP) is 3.82. The molecule has 0 bridgehead atoms. The summed E-state index contributed by atoms with van der Waals surface area (Å²) in [4.78, 5) is 12.8. The third kappa shape index (κ3) is 4.56. The molecule has 6 nitrogen and oxygen atoms in total. The van der Waals surface area contributed by atoms with Gasteiger partial charge in [0.05, 0.1) is 18.3 Å². The summed E-state index contributed by atoms with van der Waals surface area (Å²) in [5.41, 5.74) is 7.86. The Balaban J connectivity index is 1.88. The molecule has 1 aliphatic carbocycles. The number of hydrogen-bond acceptors (Lipinski definition) is 5. The van der Waals surface area contributed by atoms with Gasteiger partial charge in [-0.3, -0.25) is 0 Å². The molecular weight excluding hydrogens is 340 g/mol. The minimum absolute atomic E-state index is 0.129. The van der Waals surface area contributed by atoms with E-state index in [9.17, 15) is 4.79 Å². The van der Waals surface area contributed by atoms with Crippen molar-refractivity contribution >= 4 is 5.97 Å². The highest BCUT2D eigenvalue weighted by Crippen LogP contribution is 2.36. The molecule has 2 N–H and O–H groups in total. The van der Waals surface area contributed by atoms with Gasteiger partial charge in [-0.05, 0) is 44.1 Å². The Bertz CT molecular complexity index is 800. The summed E-state index contributed by atoms with van der Waals surface area (Å²) in [5, 5.41) is 8.47. The topological polar surface area (TPSA) is 83.0 Å². The number of hydrogen-bond donors (Lipinski definition) is 1. The summed E-state index contributed by atoms with van der Waals surface area (Å²) in [6.07, 6.45) is 4.59. The number of esters is 1. The SMILES string of the molecule is CC(C)OC(=O)C(N)(CC(C)(C)C)c1ccc(-c2cn(C3CC3)nn2)cc1. The van der Waals surface area contributed by atoms with E-state index in [0.717, 1.165) is 16.8 Å². The average molecular weight is 370 g/mol. The highest BCUT2D eigenvalue weighted by Gasteiger charge is 2.41. The van der Waals surface area contributed by atoms with Crippen LogP contribution in [0.4, 0.5) is 0 Å². The van der Waals surface area contributed by atoms with Gasteiger partial charge in [0.25, 0.3) is 0 Å². The molecule has 1 aromatic carbocycles. The maximum absolute atomic E-state index is 12.8. The summed E-state index contributed by atoms with van der Waals surface area (Å²) in [7, 11) is 0. The van der Waals surface area contributed by atoms with Gasteiger partial charge in [-0.2, -0.15) is 0 Å². The largest absolute Gasteiger partial charge is 0.461 e. The molecule has 27 heavy (non-hydrogen) atoms. The first-order chi connectivity index (χ1) is 12.6. The Hall–Kier alpha value is -2.21. The molecule has 1 heterocycles. The van der Waals surface area contributed by atoms with Crippen molar-refractivity contribution in [1.29, 1.82) is 0 Å². The van der Waals surface area contributed by atoms with Crippen LogP contribution in [0.5, 0.6) is 0 Å². The van der Waals surface area contributed by atoms with E-state index in [1.165, 1.54) is 12.8 Å². The molecule has 0 amide bonds. The van der Waals surface area contributed by atoms with E-state index in [1.54, 1.807) is 0 Å². The van der Waals surface area contributed by atoms with Crippen molar-refractivity contribution < 1.29 is 9.53 Å². The number of ether oxygens (including phenoxy) is 1. The lowest BCUT2D eigenvalue weighted by Gasteiger charge is -2.34. The summed E-state index contributed by atoms with van der Waals surface area (Å²) in [6.45, 7) is 9.88. The van der Waals surface area contributed by atoms with E-state index >= 15 is 0 Å². The van der Waals surface area contributed by atoms with Crippen LogP contribution in [0.1, 0.15) is 65.5 Å². The minimum atomic E-state index is -1.19. The molecule has 6 heteroatoms. The predicted molar refractivity (Wildman–Crippen MR) is 105 cm³/mol. The van der Waals surface area contributed by atoms with Crippen LogP contribution in [0.3, 0.4) is 0 Å². The lowest BCUT2D eigenvalue weighted by Crippen LogP contribution is -2.49. The van der Waals surface area contributed by atoms with E-state index < -0.39 is 5.54 Å². The molecule has 0 aliphatic heterocycles. The van der Waals surface area contributed by atoms with Crippen LogP contribution in [-0.2, 0) is 15.1 Å². The smallest absolute Gasteiger partial charge is 0.331 e. The molecule has 1 saturated carbocycles. The molecule has 1 unspecified atom stereocenters. The first kappa shape index (κ1) is 19.5. The molecule has 0 radical (unpaired) electrons. The molecule has 1 atom stereocenters. The van der Waals surface area contributed by atoms with Gasteiger partial charge in [-0.1, -0.05) is 50.3 Å². The third-order valence-corrected chi connectivity index (χ3v) is 4.64. The molecule has 1 aromatic heterocycles.